The monoisotopic (exact) mass is 592 g/mol. The number of carbonyl (C=O) groups is 2. The van der Waals surface area contributed by atoms with Gasteiger partial charge in [0.25, 0.3) is 0 Å². The van der Waals surface area contributed by atoms with E-state index < -0.39 is 16.0 Å². The Morgan fingerprint density at radius 2 is 1.51 bits per heavy atom. The zero-order chi connectivity index (χ0) is 29.4. The molecule has 0 saturated heterocycles. The molecule has 0 aliphatic rings. The Morgan fingerprint density at radius 1 is 0.927 bits per heavy atom. The molecule has 4 rings (SSSR count). The Balaban J connectivity index is 1.53. The highest BCUT2D eigenvalue weighted by atomic mass is 32.2. The van der Waals surface area contributed by atoms with Crippen LogP contribution in [0.4, 0.5) is 9.93 Å². The average molecular weight is 593 g/mol. The number of aliphatic carboxylic acids is 1. The Kier molecular flexibility index (Phi) is 9.87. The summed E-state index contributed by atoms with van der Waals surface area (Å²) in [6, 6.07) is 26.0. The maximum Gasteiger partial charge on any atom is 0.326 e. The minimum Gasteiger partial charge on any atom is -0.481 e. The van der Waals surface area contributed by atoms with Gasteiger partial charge >= 0.3 is 12.0 Å². The smallest absolute Gasteiger partial charge is 0.326 e. The molecule has 0 saturated carbocycles. The van der Waals surface area contributed by atoms with E-state index in [1.165, 1.54) is 28.4 Å². The van der Waals surface area contributed by atoms with E-state index in [1.54, 1.807) is 29.5 Å². The predicted molar refractivity (Wildman–Crippen MR) is 161 cm³/mol. The topological polar surface area (TPSA) is 134 Å². The second kappa shape index (κ2) is 13.5. The Hall–Kier alpha value is -4.06. The summed E-state index contributed by atoms with van der Waals surface area (Å²) in [6.45, 7) is 0.712. The molecule has 1 aromatic heterocycles. The predicted octanol–water partition coefficient (Wildman–Crippen LogP) is 5.40. The molecule has 0 aliphatic heterocycles. The largest absolute Gasteiger partial charge is 0.481 e. The van der Waals surface area contributed by atoms with Gasteiger partial charge in [-0.25, -0.2) is 23.3 Å². The maximum absolute atomic E-state index is 13.7. The maximum atomic E-state index is 13.7. The number of aromatic nitrogens is 1. The van der Waals surface area contributed by atoms with E-state index in [4.69, 9.17) is 5.14 Å². The van der Waals surface area contributed by atoms with Crippen LogP contribution in [-0.4, -0.2) is 55.5 Å². The van der Waals surface area contributed by atoms with Crippen LogP contribution in [0.1, 0.15) is 36.3 Å². The van der Waals surface area contributed by atoms with Gasteiger partial charge in [0.2, 0.25) is 10.0 Å². The first kappa shape index (κ1) is 29.9. The van der Waals surface area contributed by atoms with Gasteiger partial charge in [0.05, 0.1) is 10.6 Å². The van der Waals surface area contributed by atoms with E-state index in [0.29, 0.717) is 42.3 Å². The molecular formula is C30H32N4O5S2. The Bertz CT molecular complexity index is 1520. The number of carboxylic acid groups (broad SMARTS) is 1. The second-order valence-corrected chi connectivity index (χ2v) is 12.0. The zero-order valence-corrected chi connectivity index (χ0v) is 24.2. The lowest BCUT2D eigenvalue weighted by atomic mass is 9.88. The summed E-state index contributed by atoms with van der Waals surface area (Å²) in [5.74, 6) is -0.848. The van der Waals surface area contributed by atoms with Gasteiger partial charge in [-0.15, -0.1) is 11.3 Å². The number of hydrogen-bond acceptors (Lipinski definition) is 6. The van der Waals surface area contributed by atoms with E-state index in [9.17, 15) is 23.1 Å². The summed E-state index contributed by atoms with van der Waals surface area (Å²) in [4.78, 5) is 32.6. The molecule has 0 radical (unpaired) electrons. The third-order valence-electron chi connectivity index (χ3n) is 6.73. The highest BCUT2D eigenvalue weighted by Gasteiger charge is 2.24. The molecule has 214 valence electrons. The number of primary sulfonamides is 1. The molecule has 1 heterocycles. The van der Waals surface area contributed by atoms with E-state index in [2.05, 4.69) is 29.2 Å². The van der Waals surface area contributed by atoms with E-state index in [1.807, 2.05) is 36.4 Å². The first-order valence-corrected chi connectivity index (χ1v) is 15.5. The lowest BCUT2D eigenvalue weighted by Gasteiger charge is -2.29. The third kappa shape index (κ3) is 8.00. The van der Waals surface area contributed by atoms with Gasteiger partial charge in [0.15, 0.2) is 5.13 Å². The van der Waals surface area contributed by atoms with Gasteiger partial charge in [-0.2, -0.15) is 0 Å². The highest BCUT2D eigenvalue weighted by Crippen LogP contribution is 2.30. The molecule has 2 amide bonds. The number of carboxylic acids is 1. The number of urea groups is 1. The summed E-state index contributed by atoms with van der Waals surface area (Å²) >= 11 is 1.29. The number of nitrogens with two attached hydrogens (primary N) is 1. The van der Waals surface area contributed by atoms with Gasteiger partial charge in [-0.3, -0.25) is 9.69 Å². The van der Waals surface area contributed by atoms with E-state index >= 15 is 0 Å². The molecule has 0 atom stereocenters. The first-order valence-electron chi connectivity index (χ1n) is 13.1. The number of carbonyl (C=O) groups excluding carboxylic acids is 1. The molecule has 0 spiro atoms. The quantitative estimate of drug-likeness (QED) is 0.226. The number of anilines is 1. The number of rotatable bonds is 12. The van der Waals surface area contributed by atoms with Gasteiger partial charge in [0.1, 0.15) is 0 Å². The Morgan fingerprint density at radius 3 is 2.05 bits per heavy atom. The van der Waals surface area contributed by atoms with Crippen LogP contribution in [0, 0.1) is 0 Å². The van der Waals surface area contributed by atoms with Crippen LogP contribution < -0.4 is 10.0 Å². The molecule has 3 aromatic carbocycles. The number of nitrogens with zero attached hydrogens (tertiary/aromatic N) is 3. The van der Waals surface area contributed by atoms with E-state index in [-0.39, 0.29) is 23.3 Å². The fourth-order valence-corrected chi connectivity index (χ4v) is 5.87. The zero-order valence-electron chi connectivity index (χ0n) is 22.6. The number of thiazole rings is 1. The molecule has 41 heavy (non-hydrogen) atoms. The van der Waals surface area contributed by atoms with Gasteiger partial charge in [-0.1, -0.05) is 72.8 Å². The number of hydrogen-bond donors (Lipinski definition) is 2. The summed E-state index contributed by atoms with van der Waals surface area (Å²) < 4.78 is 23.1. The SMILES string of the molecule is CN(C(=O)N(CCCC(=O)O)CCC(c1ccccc1)c1ccccc1)c1nc(-c2ccc(S(N)(=O)=O)cc2)cs1. The summed E-state index contributed by atoms with van der Waals surface area (Å²) in [5.41, 5.74) is 3.56. The van der Waals surface area contributed by atoms with Crippen molar-refractivity contribution in [2.45, 2.75) is 30.1 Å². The number of sulfonamides is 1. The average Bonchev–Trinajstić information content (AvgIpc) is 3.47. The van der Waals surface area contributed by atoms with Crippen molar-refractivity contribution in [3.63, 3.8) is 0 Å². The van der Waals surface area contributed by atoms with Crippen molar-refractivity contribution in [1.29, 1.82) is 0 Å². The summed E-state index contributed by atoms with van der Waals surface area (Å²) in [5, 5.41) is 16.6. The van der Waals surface area contributed by atoms with Crippen LogP contribution in [0.25, 0.3) is 11.3 Å². The Labute approximate surface area is 243 Å². The molecule has 0 bridgehead atoms. The van der Waals surface area contributed by atoms with Crippen LogP contribution in [0.5, 0.6) is 0 Å². The molecule has 4 aromatic rings. The van der Waals surface area contributed by atoms with Gasteiger partial charge < -0.3 is 10.0 Å². The molecule has 0 aliphatic carbocycles. The molecular weight excluding hydrogens is 560 g/mol. The van der Waals surface area contributed by atoms with Gasteiger partial charge in [0, 0.05) is 43.4 Å². The van der Waals surface area contributed by atoms with E-state index in [0.717, 1.165) is 11.1 Å². The lowest BCUT2D eigenvalue weighted by molar-refractivity contribution is -0.137. The van der Waals surface area contributed by atoms with Crippen LogP contribution in [0.2, 0.25) is 0 Å². The third-order valence-corrected chi connectivity index (χ3v) is 8.57. The summed E-state index contributed by atoms with van der Waals surface area (Å²) in [6.07, 6.45) is 0.945. The molecule has 9 nitrogen and oxygen atoms in total. The van der Waals surface area contributed by atoms with Crippen molar-refractivity contribution >= 4 is 38.5 Å². The first-order chi connectivity index (χ1) is 19.6. The fourth-order valence-electron chi connectivity index (χ4n) is 4.57. The minimum absolute atomic E-state index is 0.00492. The lowest BCUT2D eigenvalue weighted by Crippen LogP contribution is -2.42. The number of amides is 2. The van der Waals surface area contributed by atoms with Crippen LogP contribution in [0.15, 0.2) is 95.2 Å². The normalized spacial score (nSPS) is 11.4. The highest BCUT2D eigenvalue weighted by molar-refractivity contribution is 7.89. The molecule has 0 fully saturated rings. The van der Waals surface area contributed by atoms with Crippen molar-refractivity contribution in [3.05, 3.63) is 101 Å². The fraction of sp³-hybridized carbons (Fsp3) is 0.233. The second-order valence-electron chi connectivity index (χ2n) is 9.57. The van der Waals surface area contributed by atoms with Crippen molar-refractivity contribution in [1.82, 2.24) is 9.88 Å². The number of benzene rings is 3. The van der Waals surface area contributed by atoms with Crippen LogP contribution in [-0.2, 0) is 14.8 Å². The van der Waals surface area contributed by atoms with Crippen LogP contribution in [0.3, 0.4) is 0 Å². The van der Waals surface area contributed by atoms with Crippen molar-refractivity contribution in [2.24, 2.45) is 5.14 Å². The standard InChI is InChI=1S/C30H32N4O5S2/c1-33(29-32-27(21-40-29)24-14-16-25(17-15-24)41(31,38)39)30(37)34(19-8-13-28(35)36)20-18-26(22-9-4-2-5-10-22)23-11-6-3-7-12-23/h2-7,9-12,14-17,21,26H,8,13,18-20H2,1H3,(H,35,36)(H2,31,38,39). The van der Waals surface area contributed by atoms with Crippen LogP contribution >= 0.6 is 11.3 Å². The van der Waals surface area contributed by atoms with Gasteiger partial charge in [-0.05, 0) is 36.1 Å². The molecule has 11 heteroatoms. The minimum atomic E-state index is -3.80. The molecule has 3 N–H and O–H groups in total. The van der Waals surface area contributed by atoms with Crippen molar-refractivity contribution < 1.29 is 23.1 Å². The molecule has 0 unspecified atom stereocenters. The van der Waals surface area contributed by atoms with Crippen molar-refractivity contribution in [3.8, 4) is 11.3 Å². The van der Waals surface area contributed by atoms with Crippen molar-refractivity contribution in [2.75, 3.05) is 25.0 Å². The summed E-state index contributed by atoms with van der Waals surface area (Å²) in [7, 11) is -2.16.